The number of nitriles is 1. The number of aryl methyl sites for hydroxylation is 1. The van der Waals surface area contributed by atoms with Gasteiger partial charge in [-0.2, -0.15) is 5.26 Å². The first-order chi connectivity index (χ1) is 10.1. The molecule has 3 rings (SSSR count). The smallest absolute Gasteiger partial charge is 0.256 e. The highest BCUT2D eigenvalue weighted by Crippen LogP contribution is 2.38. The number of nitrogens with zero attached hydrogens (tertiary/aromatic N) is 1. The highest BCUT2D eigenvalue weighted by Gasteiger charge is 2.23. The van der Waals surface area contributed by atoms with Gasteiger partial charge in [0.25, 0.3) is 5.91 Å². The SMILES string of the molecule is N#Cc1c(NC(=O)c2cc(Br)cc(Br)c2)sc2c1CCC2. The van der Waals surface area contributed by atoms with E-state index in [1.165, 1.54) is 16.2 Å². The fourth-order valence-corrected chi connectivity index (χ4v) is 5.00. The van der Waals surface area contributed by atoms with Crippen LogP contribution in [0.4, 0.5) is 5.00 Å². The average molecular weight is 426 g/mol. The lowest BCUT2D eigenvalue weighted by atomic mass is 10.1. The van der Waals surface area contributed by atoms with Crippen molar-refractivity contribution in [2.75, 3.05) is 5.32 Å². The van der Waals surface area contributed by atoms with Gasteiger partial charge in [0.05, 0.1) is 5.56 Å². The molecule has 0 saturated heterocycles. The quantitative estimate of drug-likeness (QED) is 0.744. The molecule has 21 heavy (non-hydrogen) atoms. The van der Waals surface area contributed by atoms with Crippen molar-refractivity contribution < 1.29 is 4.79 Å². The number of nitrogens with one attached hydrogen (secondary N) is 1. The molecule has 0 radical (unpaired) electrons. The first kappa shape index (κ1) is 14.8. The summed E-state index contributed by atoms with van der Waals surface area (Å²) in [6, 6.07) is 7.62. The fraction of sp³-hybridized carbons (Fsp3) is 0.200. The lowest BCUT2D eigenvalue weighted by Gasteiger charge is -2.05. The molecule has 6 heteroatoms. The summed E-state index contributed by atoms with van der Waals surface area (Å²) in [6.45, 7) is 0. The summed E-state index contributed by atoms with van der Waals surface area (Å²) in [5.41, 5.74) is 2.30. The molecule has 0 atom stereocenters. The first-order valence-corrected chi connectivity index (χ1v) is 8.81. The number of thiophene rings is 1. The maximum Gasteiger partial charge on any atom is 0.256 e. The van der Waals surface area contributed by atoms with Crippen LogP contribution in [0.2, 0.25) is 0 Å². The molecule has 1 aliphatic rings. The second-order valence-electron chi connectivity index (χ2n) is 4.79. The van der Waals surface area contributed by atoms with Crippen LogP contribution in [0.1, 0.15) is 32.8 Å². The molecule has 0 unspecified atom stereocenters. The van der Waals surface area contributed by atoms with Crippen molar-refractivity contribution in [1.29, 1.82) is 5.26 Å². The highest BCUT2D eigenvalue weighted by atomic mass is 79.9. The first-order valence-electron chi connectivity index (χ1n) is 6.40. The third-order valence-corrected chi connectivity index (χ3v) is 5.51. The van der Waals surface area contributed by atoms with E-state index in [2.05, 4.69) is 43.2 Å². The Kier molecular flexibility index (Phi) is 4.16. The molecule has 0 fully saturated rings. The summed E-state index contributed by atoms with van der Waals surface area (Å²) >= 11 is 8.27. The zero-order valence-corrected chi connectivity index (χ0v) is 14.9. The number of carbonyl (C=O) groups is 1. The number of carbonyl (C=O) groups excluding carboxylic acids is 1. The van der Waals surface area contributed by atoms with Crippen LogP contribution >= 0.6 is 43.2 Å². The van der Waals surface area contributed by atoms with Crippen LogP contribution in [0.25, 0.3) is 0 Å². The van der Waals surface area contributed by atoms with Crippen LogP contribution in [-0.4, -0.2) is 5.91 Å². The summed E-state index contributed by atoms with van der Waals surface area (Å²) in [4.78, 5) is 13.6. The van der Waals surface area contributed by atoms with E-state index in [9.17, 15) is 10.1 Å². The maximum absolute atomic E-state index is 12.4. The minimum Gasteiger partial charge on any atom is -0.312 e. The molecule has 2 aromatic rings. The van der Waals surface area contributed by atoms with E-state index in [1.54, 1.807) is 12.1 Å². The Hall–Kier alpha value is -1.16. The summed E-state index contributed by atoms with van der Waals surface area (Å²) in [5, 5.41) is 12.9. The minimum atomic E-state index is -0.201. The van der Waals surface area contributed by atoms with E-state index in [4.69, 9.17) is 0 Å². The second kappa shape index (κ2) is 5.91. The van der Waals surface area contributed by atoms with Crippen LogP contribution in [-0.2, 0) is 12.8 Å². The Labute approximate surface area is 143 Å². The molecule has 0 bridgehead atoms. The molecule has 0 spiro atoms. The predicted octanol–water partition coefficient (Wildman–Crippen LogP) is 4.89. The van der Waals surface area contributed by atoms with E-state index in [-0.39, 0.29) is 5.91 Å². The van der Waals surface area contributed by atoms with E-state index in [0.29, 0.717) is 16.1 Å². The molecule has 1 aromatic carbocycles. The molecule has 1 amide bonds. The molecule has 106 valence electrons. The van der Waals surface area contributed by atoms with Gasteiger partial charge >= 0.3 is 0 Å². The Morgan fingerprint density at radius 3 is 2.62 bits per heavy atom. The Balaban J connectivity index is 1.90. The standard InChI is InChI=1S/C15H10Br2N2OS/c16-9-4-8(5-10(17)6-9)14(20)19-15-12(7-18)11-2-1-3-13(11)21-15/h4-6H,1-3H2,(H,19,20). The highest BCUT2D eigenvalue weighted by molar-refractivity contribution is 9.11. The number of rotatable bonds is 2. The fourth-order valence-electron chi connectivity index (χ4n) is 2.47. The van der Waals surface area contributed by atoms with Gasteiger partial charge in [0.1, 0.15) is 11.1 Å². The van der Waals surface area contributed by atoms with Crippen LogP contribution in [0.15, 0.2) is 27.1 Å². The third-order valence-electron chi connectivity index (χ3n) is 3.38. The molecule has 1 aliphatic carbocycles. The van der Waals surface area contributed by atoms with Crippen LogP contribution < -0.4 is 5.32 Å². The van der Waals surface area contributed by atoms with Crippen molar-refractivity contribution in [2.24, 2.45) is 0 Å². The van der Waals surface area contributed by atoms with E-state index in [1.807, 2.05) is 6.07 Å². The average Bonchev–Trinajstić information content (AvgIpc) is 2.97. The van der Waals surface area contributed by atoms with Crippen molar-refractivity contribution in [3.8, 4) is 6.07 Å². The normalized spacial score (nSPS) is 12.8. The van der Waals surface area contributed by atoms with Crippen LogP contribution in [0.3, 0.4) is 0 Å². The number of anilines is 1. The molecule has 1 heterocycles. The Bertz CT molecular complexity index is 756. The zero-order valence-electron chi connectivity index (χ0n) is 10.9. The van der Waals surface area contributed by atoms with Gasteiger partial charge in [-0.3, -0.25) is 4.79 Å². The van der Waals surface area contributed by atoms with Crippen molar-refractivity contribution >= 4 is 54.1 Å². The number of benzene rings is 1. The van der Waals surface area contributed by atoms with Gasteiger partial charge < -0.3 is 5.32 Å². The van der Waals surface area contributed by atoms with Crippen LogP contribution in [0.5, 0.6) is 0 Å². The minimum absolute atomic E-state index is 0.201. The molecule has 0 saturated carbocycles. The summed E-state index contributed by atoms with van der Waals surface area (Å²) < 4.78 is 1.66. The predicted molar refractivity (Wildman–Crippen MR) is 90.9 cm³/mol. The van der Waals surface area contributed by atoms with Gasteiger partial charge in [-0.05, 0) is 43.0 Å². The second-order valence-corrected chi connectivity index (χ2v) is 7.72. The van der Waals surface area contributed by atoms with Gasteiger partial charge in [0.15, 0.2) is 0 Å². The molecule has 1 N–H and O–H groups in total. The third kappa shape index (κ3) is 2.91. The monoisotopic (exact) mass is 424 g/mol. The lowest BCUT2D eigenvalue weighted by molar-refractivity contribution is 0.102. The van der Waals surface area contributed by atoms with Gasteiger partial charge in [0.2, 0.25) is 0 Å². The van der Waals surface area contributed by atoms with E-state index in [0.717, 1.165) is 33.8 Å². The topological polar surface area (TPSA) is 52.9 Å². The van der Waals surface area contributed by atoms with Gasteiger partial charge in [-0.25, -0.2) is 0 Å². The number of fused-ring (bicyclic) bond motifs is 1. The van der Waals surface area contributed by atoms with E-state index < -0.39 is 0 Å². The number of amides is 1. The molecule has 0 aliphatic heterocycles. The summed E-state index contributed by atoms with van der Waals surface area (Å²) in [7, 11) is 0. The van der Waals surface area contributed by atoms with Gasteiger partial charge in [0, 0.05) is 19.4 Å². The molecule has 1 aromatic heterocycles. The molecule has 3 nitrogen and oxygen atoms in total. The molecular weight excluding hydrogens is 416 g/mol. The Morgan fingerprint density at radius 1 is 1.24 bits per heavy atom. The van der Waals surface area contributed by atoms with Crippen LogP contribution in [0, 0.1) is 11.3 Å². The number of hydrogen-bond donors (Lipinski definition) is 1. The number of hydrogen-bond acceptors (Lipinski definition) is 3. The number of halogens is 2. The summed E-state index contributed by atoms with van der Waals surface area (Å²) in [6.07, 6.45) is 3.04. The molecular formula is C15H10Br2N2OS. The van der Waals surface area contributed by atoms with Crippen molar-refractivity contribution in [3.63, 3.8) is 0 Å². The van der Waals surface area contributed by atoms with Gasteiger partial charge in [-0.1, -0.05) is 31.9 Å². The zero-order chi connectivity index (χ0) is 15.0. The van der Waals surface area contributed by atoms with Crippen molar-refractivity contribution in [1.82, 2.24) is 0 Å². The largest absolute Gasteiger partial charge is 0.312 e. The lowest BCUT2D eigenvalue weighted by Crippen LogP contribution is -2.12. The van der Waals surface area contributed by atoms with Crippen molar-refractivity contribution in [2.45, 2.75) is 19.3 Å². The maximum atomic E-state index is 12.4. The van der Waals surface area contributed by atoms with Crippen molar-refractivity contribution in [3.05, 3.63) is 48.7 Å². The Morgan fingerprint density at radius 2 is 1.95 bits per heavy atom. The summed E-state index contributed by atoms with van der Waals surface area (Å²) in [5.74, 6) is -0.201. The van der Waals surface area contributed by atoms with E-state index >= 15 is 0 Å². The van der Waals surface area contributed by atoms with Gasteiger partial charge in [-0.15, -0.1) is 11.3 Å².